The van der Waals surface area contributed by atoms with Crippen molar-refractivity contribution in [3.8, 4) is 0 Å². The van der Waals surface area contributed by atoms with Crippen molar-refractivity contribution in [3.05, 3.63) is 83.8 Å². The highest BCUT2D eigenvalue weighted by atomic mass is 16.3. The van der Waals surface area contributed by atoms with Crippen LogP contribution in [0.15, 0.2) is 71.4 Å². The van der Waals surface area contributed by atoms with Gasteiger partial charge in [-0.2, -0.15) is 0 Å². The Morgan fingerprint density at radius 1 is 1.17 bits per heavy atom. The molecule has 0 saturated carbocycles. The number of benzene rings is 1. The summed E-state index contributed by atoms with van der Waals surface area (Å²) in [6, 6.07) is 9.81. The van der Waals surface area contributed by atoms with Crippen LogP contribution in [0.2, 0.25) is 0 Å². The van der Waals surface area contributed by atoms with E-state index in [0.717, 1.165) is 5.56 Å². The van der Waals surface area contributed by atoms with Crippen LogP contribution in [0.4, 0.5) is 0 Å². The van der Waals surface area contributed by atoms with E-state index in [2.05, 4.69) is 4.98 Å². The van der Waals surface area contributed by atoms with Gasteiger partial charge < -0.3 is 19.0 Å². The predicted octanol–water partition coefficient (Wildman–Crippen LogP) is 3.30. The summed E-state index contributed by atoms with van der Waals surface area (Å²) in [5.41, 5.74) is 1.57. The number of aromatic nitrogens is 2. The Labute approximate surface area is 167 Å². The average Bonchev–Trinajstić information content (AvgIpc) is 3.46. The van der Waals surface area contributed by atoms with E-state index in [4.69, 9.17) is 4.42 Å². The fraction of sp³-hybridized carbons (Fsp3) is 0.227. The minimum Gasteiger partial charge on any atom is -0.507 e. The standard InChI is InChI=1S/C22H21N3O4/c1-15-5-7-16(8-6-15)20(26)18-19(17-4-2-13-29-17)25(22(28)21(18)27)11-3-10-24-12-9-23-14-24/h2,4-9,12-14,19,26H,3,10-11H2,1H3/t19-/m0/s1. The van der Waals surface area contributed by atoms with Crippen molar-refractivity contribution in [1.29, 1.82) is 0 Å². The van der Waals surface area contributed by atoms with Crippen LogP contribution in [0, 0.1) is 6.92 Å². The van der Waals surface area contributed by atoms with Crippen LogP contribution in [0.3, 0.4) is 0 Å². The smallest absolute Gasteiger partial charge is 0.295 e. The molecule has 1 amide bonds. The zero-order valence-electron chi connectivity index (χ0n) is 16.0. The molecule has 7 heteroatoms. The molecule has 29 heavy (non-hydrogen) atoms. The van der Waals surface area contributed by atoms with Crippen LogP contribution in [0.1, 0.15) is 29.3 Å². The van der Waals surface area contributed by atoms with Gasteiger partial charge in [-0.25, -0.2) is 4.98 Å². The van der Waals surface area contributed by atoms with Gasteiger partial charge in [0.15, 0.2) is 0 Å². The van der Waals surface area contributed by atoms with Gasteiger partial charge in [0.1, 0.15) is 17.6 Å². The Balaban J connectivity index is 1.68. The van der Waals surface area contributed by atoms with E-state index in [9.17, 15) is 14.7 Å². The monoisotopic (exact) mass is 391 g/mol. The third-order valence-electron chi connectivity index (χ3n) is 5.05. The summed E-state index contributed by atoms with van der Waals surface area (Å²) in [5.74, 6) is -1.08. The summed E-state index contributed by atoms with van der Waals surface area (Å²) < 4.78 is 7.43. The summed E-state index contributed by atoms with van der Waals surface area (Å²) in [5, 5.41) is 10.9. The number of likely N-dealkylation sites (tertiary alicyclic amines) is 1. The number of aliphatic hydroxyl groups excluding tert-OH is 1. The molecule has 1 saturated heterocycles. The minimum absolute atomic E-state index is 0.0523. The van der Waals surface area contributed by atoms with Crippen molar-refractivity contribution >= 4 is 17.4 Å². The number of aryl methyl sites for hydroxylation is 2. The van der Waals surface area contributed by atoms with Crippen LogP contribution in [-0.2, 0) is 16.1 Å². The first-order valence-corrected chi connectivity index (χ1v) is 9.41. The Kier molecular flexibility index (Phi) is 5.03. The number of aliphatic hydroxyl groups is 1. The molecule has 1 N–H and O–H groups in total. The topological polar surface area (TPSA) is 88.6 Å². The molecule has 1 aliphatic heterocycles. The van der Waals surface area contributed by atoms with Gasteiger partial charge in [-0.3, -0.25) is 9.59 Å². The molecule has 3 aromatic rings. The number of Topliss-reactive ketones (excluding diaryl/α,β-unsaturated/α-hetero) is 1. The molecule has 3 heterocycles. The molecule has 2 aromatic heterocycles. The first-order valence-electron chi connectivity index (χ1n) is 9.41. The van der Waals surface area contributed by atoms with Gasteiger partial charge in [0, 0.05) is 31.0 Å². The maximum Gasteiger partial charge on any atom is 0.295 e. The van der Waals surface area contributed by atoms with E-state index >= 15 is 0 Å². The Morgan fingerprint density at radius 2 is 1.97 bits per heavy atom. The lowest BCUT2D eigenvalue weighted by atomic mass is 9.99. The number of carbonyl (C=O) groups excluding carboxylic acids is 2. The van der Waals surface area contributed by atoms with E-state index in [1.807, 2.05) is 29.8 Å². The van der Waals surface area contributed by atoms with E-state index in [1.54, 1.807) is 36.8 Å². The first-order chi connectivity index (χ1) is 14.1. The summed E-state index contributed by atoms with van der Waals surface area (Å²) >= 11 is 0. The third kappa shape index (κ3) is 3.59. The first kappa shape index (κ1) is 18.7. The van der Waals surface area contributed by atoms with Gasteiger partial charge in [-0.05, 0) is 25.5 Å². The quantitative estimate of drug-likeness (QED) is 0.396. The zero-order valence-corrected chi connectivity index (χ0v) is 16.0. The van der Waals surface area contributed by atoms with Crippen molar-refractivity contribution < 1.29 is 19.1 Å². The highest BCUT2D eigenvalue weighted by Crippen LogP contribution is 2.39. The lowest BCUT2D eigenvalue weighted by molar-refractivity contribution is -0.140. The number of ketones is 1. The summed E-state index contributed by atoms with van der Waals surface area (Å²) in [4.78, 5) is 31.1. The maximum absolute atomic E-state index is 12.8. The van der Waals surface area contributed by atoms with E-state index in [1.165, 1.54) is 11.2 Å². The van der Waals surface area contributed by atoms with E-state index in [0.29, 0.717) is 30.8 Å². The van der Waals surface area contributed by atoms with E-state index < -0.39 is 17.7 Å². The molecule has 1 aromatic carbocycles. The number of hydrogen-bond donors (Lipinski definition) is 1. The van der Waals surface area contributed by atoms with Crippen molar-refractivity contribution in [2.24, 2.45) is 0 Å². The molecule has 1 fully saturated rings. The van der Waals surface area contributed by atoms with Crippen LogP contribution in [-0.4, -0.2) is 37.8 Å². The Bertz CT molecular complexity index is 1030. The van der Waals surface area contributed by atoms with Gasteiger partial charge in [0.2, 0.25) is 0 Å². The number of amides is 1. The lowest BCUT2D eigenvalue weighted by Gasteiger charge is -2.23. The van der Waals surface area contributed by atoms with E-state index in [-0.39, 0.29) is 11.3 Å². The second kappa shape index (κ2) is 7.79. The molecule has 4 rings (SSSR count). The Morgan fingerprint density at radius 3 is 2.62 bits per heavy atom. The fourth-order valence-corrected chi connectivity index (χ4v) is 3.56. The van der Waals surface area contributed by atoms with Crippen molar-refractivity contribution in [2.45, 2.75) is 25.9 Å². The number of hydrogen-bond acceptors (Lipinski definition) is 5. The zero-order chi connectivity index (χ0) is 20.4. The second-order valence-corrected chi connectivity index (χ2v) is 7.03. The average molecular weight is 391 g/mol. The SMILES string of the molecule is Cc1ccc(C(O)=C2C(=O)C(=O)N(CCCn3ccnc3)[C@H]2c2ccco2)cc1. The van der Waals surface area contributed by atoms with Crippen LogP contribution in [0.25, 0.3) is 5.76 Å². The normalized spacial score (nSPS) is 18.5. The van der Waals surface area contributed by atoms with Crippen molar-refractivity contribution in [1.82, 2.24) is 14.5 Å². The van der Waals surface area contributed by atoms with Gasteiger partial charge in [0.25, 0.3) is 11.7 Å². The number of furan rings is 1. The molecule has 7 nitrogen and oxygen atoms in total. The molecular formula is C22H21N3O4. The second-order valence-electron chi connectivity index (χ2n) is 7.03. The molecule has 0 aliphatic carbocycles. The lowest BCUT2D eigenvalue weighted by Crippen LogP contribution is -2.31. The number of nitrogens with zero attached hydrogens (tertiary/aromatic N) is 3. The van der Waals surface area contributed by atoms with Crippen molar-refractivity contribution in [2.75, 3.05) is 6.54 Å². The predicted molar refractivity (Wildman–Crippen MR) is 106 cm³/mol. The summed E-state index contributed by atoms with van der Waals surface area (Å²) in [6.45, 7) is 2.94. The molecule has 148 valence electrons. The molecular weight excluding hydrogens is 370 g/mol. The fourth-order valence-electron chi connectivity index (χ4n) is 3.56. The van der Waals surface area contributed by atoms with Crippen LogP contribution >= 0.6 is 0 Å². The highest BCUT2D eigenvalue weighted by molar-refractivity contribution is 6.46. The molecule has 1 aliphatic rings. The van der Waals surface area contributed by atoms with Crippen molar-refractivity contribution in [3.63, 3.8) is 0 Å². The molecule has 0 radical (unpaired) electrons. The molecule has 1 atom stereocenters. The number of carbonyl (C=O) groups is 2. The molecule has 0 bridgehead atoms. The van der Waals surface area contributed by atoms with Crippen LogP contribution < -0.4 is 0 Å². The highest BCUT2D eigenvalue weighted by Gasteiger charge is 2.47. The van der Waals surface area contributed by atoms with Gasteiger partial charge in [0.05, 0.1) is 18.2 Å². The third-order valence-corrected chi connectivity index (χ3v) is 5.05. The van der Waals surface area contributed by atoms with Gasteiger partial charge in [-0.1, -0.05) is 29.8 Å². The number of rotatable bonds is 6. The van der Waals surface area contributed by atoms with Gasteiger partial charge >= 0.3 is 0 Å². The van der Waals surface area contributed by atoms with Gasteiger partial charge in [-0.15, -0.1) is 0 Å². The summed E-state index contributed by atoms with van der Waals surface area (Å²) in [6.07, 6.45) is 7.36. The number of imidazole rings is 1. The van der Waals surface area contributed by atoms with Crippen LogP contribution in [0.5, 0.6) is 0 Å². The molecule has 0 unspecified atom stereocenters. The summed E-state index contributed by atoms with van der Waals surface area (Å²) in [7, 11) is 0. The largest absolute Gasteiger partial charge is 0.507 e. The minimum atomic E-state index is -0.755. The Hall–Kier alpha value is -3.61. The maximum atomic E-state index is 12.8. The molecule has 0 spiro atoms.